The molecule has 0 aliphatic rings. The Labute approximate surface area is 109 Å². The van der Waals surface area contributed by atoms with Crippen molar-refractivity contribution in [1.29, 1.82) is 0 Å². The van der Waals surface area contributed by atoms with Gasteiger partial charge in [0.25, 0.3) is 5.91 Å². The van der Waals surface area contributed by atoms with Crippen molar-refractivity contribution in [2.45, 2.75) is 6.04 Å². The number of aromatic hydroxyl groups is 3. The maximum atomic E-state index is 11.3. The largest absolute Gasteiger partial charge is 0.504 e. The molecule has 1 aromatic rings. The second-order valence-electron chi connectivity index (χ2n) is 3.67. The van der Waals surface area contributed by atoms with Crippen LogP contribution < -0.4 is 11.2 Å². The third kappa shape index (κ3) is 3.83. The summed E-state index contributed by atoms with van der Waals surface area (Å²) in [6.45, 7) is 0.0482. The number of nitrogens with zero attached hydrogens (tertiary/aromatic N) is 1. The van der Waals surface area contributed by atoms with E-state index < -0.39 is 29.2 Å². The van der Waals surface area contributed by atoms with Crippen LogP contribution in [0, 0.1) is 0 Å². The number of ether oxygens (including phenoxy) is 1. The average Bonchev–Trinajstić information content (AvgIpc) is 2.39. The van der Waals surface area contributed by atoms with E-state index in [0.717, 1.165) is 6.21 Å². The van der Waals surface area contributed by atoms with Crippen molar-refractivity contribution in [3.05, 3.63) is 17.7 Å². The predicted octanol–water partition coefficient (Wildman–Crippen LogP) is -0.773. The fourth-order valence-corrected chi connectivity index (χ4v) is 1.19. The first-order valence-electron chi connectivity index (χ1n) is 5.28. The Bertz CT molecular complexity index is 489. The average molecular weight is 269 g/mol. The Kier molecular flexibility index (Phi) is 5.10. The minimum atomic E-state index is -0.857. The summed E-state index contributed by atoms with van der Waals surface area (Å²) in [5.41, 5.74) is 7.72. The van der Waals surface area contributed by atoms with Gasteiger partial charge < -0.3 is 25.8 Å². The zero-order valence-electron chi connectivity index (χ0n) is 10.2. The van der Waals surface area contributed by atoms with E-state index in [1.807, 2.05) is 0 Å². The van der Waals surface area contributed by atoms with E-state index >= 15 is 0 Å². The molecule has 1 unspecified atom stereocenters. The number of benzene rings is 1. The Morgan fingerprint density at radius 1 is 1.47 bits per heavy atom. The fourth-order valence-electron chi connectivity index (χ4n) is 1.19. The lowest BCUT2D eigenvalue weighted by atomic mass is 10.2. The van der Waals surface area contributed by atoms with Crippen LogP contribution in [0.2, 0.25) is 0 Å². The summed E-state index contributed by atoms with van der Waals surface area (Å²) >= 11 is 0. The summed E-state index contributed by atoms with van der Waals surface area (Å²) in [5.74, 6) is -2.22. The molecule has 0 saturated heterocycles. The number of nitrogens with two attached hydrogens (primary N) is 1. The maximum absolute atomic E-state index is 11.3. The first kappa shape index (κ1) is 14.7. The van der Waals surface area contributed by atoms with E-state index in [1.54, 1.807) is 0 Å². The number of nitrogens with one attached hydrogen (secondary N) is 1. The Hall–Kier alpha value is -2.32. The molecule has 6 N–H and O–H groups in total. The monoisotopic (exact) mass is 269 g/mol. The van der Waals surface area contributed by atoms with E-state index in [-0.39, 0.29) is 12.2 Å². The van der Waals surface area contributed by atoms with E-state index in [0.29, 0.717) is 0 Å². The molecule has 0 saturated carbocycles. The van der Waals surface area contributed by atoms with Crippen molar-refractivity contribution in [2.24, 2.45) is 10.8 Å². The van der Waals surface area contributed by atoms with Crippen molar-refractivity contribution in [2.75, 3.05) is 13.7 Å². The number of hydrazone groups is 1. The molecule has 8 nitrogen and oxygen atoms in total. The molecule has 0 fully saturated rings. The van der Waals surface area contributed by atoms with E-state index in [9.17, 15) is 15.0 Å². The first-order chi connectivity index (χ1) is 8.97. The van der Waals surface area contributed by atoms with Crippen LogP contribution >= 0.6 is 0 Å². The molecule has 1 aromatic carbocycles. The molecule has 0 radical (unpaired) electrons. The van der Waals surface area contributed by atoms with Gasteiger partial charge >= 0.3 is 0 Å². The standard InChI is InChI=1S/C11H15N3O5/c1-19-5-7(12)11(18)14-13-4-6-2-3-8(15)10(17)9(6)16/h2-4,7,15-17H,5,12H2,1H3,(H,14,18)/b13-4+. The molecule has 8 heteroatoms. The normalized spacial score (nSPS) is 12.5. The van der Waals surface area contributed by atoms with Gasteiger partial charge in [0.15, 0.2) is 11.5 Å². The summed E-state index contributed by atoms with van der Waals surface area (Å²) in [6.07, 6.45) is 1.10. The van der Waals surface area contributed by atoms with Crippen molar-refractivity contribution in [1.82, 2.24) is 5.43 Å². The number of carbonyl (C=O) groups excluding carboxylic acids is 1. The molecular weight excluding hydrogens is 254 g/mol. The van der Waals surface area contributed by atoms with Crippen molar-refractivity contribution >= 4 is 12.1 Å². The third-order valence-electron chi connectivity index (χ3n) is 2.22. The summed E-state index contributed by atoms with van der Waals surface area (Å²) in [4.78, 5) is 11.3. The predicted molar refractivity (Wildman–Crippen MR) is 67.0 cm³/mol. The van der Waals surface area contributed by atoms with Crippen LogP contribution in [0.25, 0.3) is 0 Å². The quantitative estimate of drug-likeness (QED) is 0.270. The molecule has 1 amide bonds. The lowest BCUT2D eigenvalue weighted by Crippen LogP contribution is -2.41. The van der Waals surface area contributed by atoms with Gasteiger partial charge in [0.2, 0.25) is 5.75 Å². The zero-order valence-corrected chi connectivity index (χ0v) is 10.2. The number of hydrogen-bond acceptors (Lipinski definition) is 7. The SMILES string of the molecule is COCC(N)C(=O)N/N=C/c1ccc(O)c(O)c1O. The molecule has 0 aromatic heterocycles. The highest BCUT2D eigenvalue weighted by Gasteiger charge is 2.12. The third-order valence-corrected chi connectivity index (χ3v) is 2.22. The lowest BCUT2D eigenvalue weighted by molar-refractivity contribution is -0.123. The van der Waals surface area contributed by atoms with Gasteiger partial charge in [0, 0.05) is 12.7 Å². The number of amides is 1. The summed E-state index contributed by atoms with van der Waals surface area (Å²) in [6, 6.07) is 1.63. The Morgan fingerprint density at radius 2 is 2.16 bits per heavy atom. The van der Waals surface area contributed by atoms with Gasteiger partial charge in [-0.05, 0) is 12.1 Å². The highest BCUT2D eigenvalue weighted by molar-refractivity contribution is 5.87. The van der Waals surface area contributed by atoms with Crippen LogP contribution in [0.15, 0.2) is 17.2 Å². The van der Waals surface area contributed by atoms with Crippen LogP contribution in [-0.4, -0.2) is 47.2 Å². The van der Waals surface area contributed by atoms with Gasteiger partial charge in [0.05, 0.1) is 12.8 Å². The number of methoxy groups -OCH3 is 1. The topological polar surface area (TPSA) is 137 Å². The Morgan fingerprint density at radius 3 is 2.79 bits per heavy atom. The van der Waals surface area contributed by atoms with Crippen molar-refractivity contribution < 1.29 is 24.9 Å². The van der Waals surface area contributed by atoms with Crippen LogP contribution in [0.5, 0.6) is 17.2 Å². The fraction of sp³-hybridized carbons (Fsp3) is 0.273. The summed E-state index contributed by atoms with van der Waals surface area (Å²) in [7, 11) is 1.41. The Balaban J connectivity index is 2.68. The maximum Gasteiger partial charge on any atom is 0.259 e. The molecule has 1 atom stereocenters. The molecule has 104 valence electrons. The van der Waals surface area contributed by atoms with Crippen LogP contribution in [0.3, 0.4) is 0 Å². The summed E-state index contributed by atoms with van der Waals surface area (Å²) in [5, 5.41) is 31.4. The molecule has 0 aliphatic carbocycles. The molecule has 0 aliphatic heterocycles. The summed E-state index contributed by atoms with van der Waals surface area (Å²) < 4.78 is 4.70. The smallest absolute Gasteiger partial charge is 0.259 e. The van der Waals surface area contributed by atoms with Crippen LogP contribution in [-0.2, 0) is 9.53 Å². The zero-order chi connectivity index (χ0) is 14.4. The number of phenols is 3. The van der Waals surface area contributed by atoms with Crippen LogP contribution in [0.4, 0.5) is 0 Å². The van der Waals surface area contributed by atoms with Crippen LogP contribution in [0.1, 0.15) is 5.56 Å². The van der Waals surface area contributed by atoms with Gasteiger partial charge in [-0.2, -0.15) is 5.10 Å². The van der Waals surface area contributed by atoms with Gasteiger partial charge in [-0.1, -0.05) is 0 Å². The van der Waals surface area contributed by atoms with E-state index in [1.165, 1.54) is 19.2 Å². The minimum Gasteiger partial charge on any atom is -0.504 e. The first-order valence-corrected chi connectivity index (χ1v) is 5.28. The molecule has 1 rings (SSSR count). The highest BCUT2D eigenvalue weighted by Crippen LogP contribution is 2.36. The second-order valence-corrected chi connectivity index (χ2v) is 3.67. The van der Waals surface area contributed by atoms with Gasteiger partial charge in [-0.15, -0.1) is 0 Å². The number of hydrogen-bond donors (Lipinski definition) is 5. The molecule has 0 bridgehead atoms. The number of rotatable bonds is 5. The molecule has 0 spiro atoms. The van der Waals surface area contributed by atoms with E-state index in [2.05, 4.69) is 10.5 Å². The van der Waals surface area contributed by atoms with E-state index in [4.69, 9.17) is 15.6 Å². The van der Waals surface area contributed by atoms with Crippen molar-refractivity contribution in [3.8, 4) is 17.2 Å². The highest BCUT2D eigenvalue weighted by atomic mass is 16.5. The molecular formula is C11H15N3O5. The molecule has 0 heterocycles. The van der Waals surface area contributed by atoms with Gasteiger partial charge in [0.1, 0.15) is 6.04 Å². The second kappa shape index (κ2) is 6.57. The number of carbonyl (C=O) groups is 1. The van der Waals surface area contributed by atoms with Crippen molar-refractivity contribution in [3.63, 3.8) is 0 Å². The van der Waals surface area contributed by atoms with Gasteiger partial charge in [-0.3, -0.25) is 4.79 Å². The molecule has 19 heavy (non-hydrogen) atoms. The number of phenolic OH excluding ortho intramolecular Hbond substituents is 3. The lowest BCUT2D eigenvalue weighted by Gasteiger charge is -2.07. The van der Waals surface area contributed by atoms with Gasteiger partial charge in [-0.25, -0.2) is 5.43 Å². The minimum absolute atomic E-state index is 0.0482.